The molecule has 2 atom stereocenters. The summed E-state index contributed by atoms with van der Waals surface area (Å²) in [7, 11) is -3.62. The van der Waals surface area contributed by atoms with E-state index in [0.717, 1.165) is 19.3 Å². The van der Waals surface area contributed by atoms with Crippen LogP contribution in [0.4, 0.5) is 0 Å². The Morgan fingerprint density at radius 3 is 2.39 bits per heavy atom. The van der Waals surface area contributed by atoms with Crippen LogP contribution in [0.2, 0.25) is 0 Å². The van der Waals surface area contributed by atoms with Gasteiger partial charge in [0.2, 0.25) is 10.0 Å². The number of nitrogens with zero attached hydrogens (tertiary/aromatic N) is 1. The smallest absolute Gasteiger partial charge is 0.335 e. The molecule has 0 aliphatic heterocycles. The van der Waals surface area contributed by atoms with Gasteiger partial charge in [-0.3, -0.25) is 0 Å². The fraction of sp³-hybridized carbons (Fsp3) is 0.588. The topological polar surface area (TPSA) is 74.7 Å². The molecular weight excluding hydrogens is 314 g/mol. The molecule has 23 heavy (non-hydrogen) atoms. The zero-order valence-corrected chi connectivity index (χ0v) is 14.9. The molecule has 0 saturated heterocycles. The number of hydrogen-bond acceptors (Lipinski definition) is 3. The van der Waals surface area contributed by atoms with E-state index in [1.54, 1.807) is 11.2 Å². The van der Waals surface area contributed by atoms with E-state index in [1.807, 2.05) is 6.92 Å². The fourth-order valence-electron chi connectivity index (χ4n) is 2.85. The van der Waals surface area contributed by atoms with Crippen molar-refractivity contribution in [2.24, 2.45) is 5.92 Å². The van der Waals surface area contributed by atoms with Crippen LogP contribution in [-0.4, -0.2) is 35.9 Å². The molecule has 1 aromatic rings. The number of carboxylic acid groups (broad SMARTS) is 1. The third-order valence-electron chi connectivity index (χ3n) is 4.75. The first-order chi connectivity index (χ1) is 10.7. The van der Waals surface area contributed by atoms with Crippen LogP contribution in [0.3, 0.4) is 0 Å². The number of carbonyl (C=O) groups is 1. The highest BCUT2D eigenvalue weighted by atomic mass is 32.2. The first kappa shape index (κ1) is 17.9. The predicted molar refractivity (Wildman–Crippen MR) is 89.1 cm³/mol. The van der Waals surface area contributed by atoms with Gasteiger partial charge in [-0.15, -0.1) is 0 Å². The van der Waals surface area contributed by atoms with Crippen LogP contribution in [0, 0.1) is 12.8 Å². The molecule has 0 bridgehead atoms. The molecule has 1 aliphatic rings. The van der Waals surface area contributed by atoms with E-state index in [4.69, 9.17) is 5.11 Å². The van der Waals surface area contributed by atoms with Crippen molar-refractivity contribution >= 4 is 16.0 Å². The minimum atomic E-state index is -3.62. The highest BCUT2D eigenvalue weighted by Gasteiger charge is 2.42. The monoisotopic (exact) mass is 339 g/mol. The van der Waals surface area contributed by atoms with Crippen molar-refractivity contribution in [1.82, 2.24) is 4.31 Å². The van der Waals surface area contributed by atoms with Gasteiger partial charge in [0.15, 0.2) is 0 Å². The van der Waals surface area contributed by atoms with Gasteiger partial charge in [0.25, 0.3) is 0 Å². The second-order valence-electron chi connectivity index (χ2n) is 6.48. The Morgan fingerprint density at radius 2 is 1.96 bits per heavy atom. The lowest BCUT2D eigenvalue weighted by Gasteiger charge is -2.32. The normalized spacial score (nSPS) is 18.0. The molecule has 1 aromatic carbocycles. The van der Waals surface area contributed by atoms with Crippen molar-refractivity contribution in [1.29, 1.82) is 0 Å². The summed E-state index contributed by atoms with van der Waals surface area (Å²) in [5.41, 5.74) is 0.585. The third-order valence-corrected chi connectivity index (χ3v) is 6.95. The van der Waals surface area contributed by atoms with Crippen LogP contribution in [0.5, 0.6) is 0 Å². The van der Waals surface area contributed by atoms with Gasteiger partial charge >= 0.3 is 5.97 Å². The summed E-state index contributed by atoms with van der Waals surface area (Å²) in [5.74, 6) is -0.784. The minimum Gasteiger partial charge on any atom is -0.478 e. The molecule has 0 radical (unpaired) electrons. The molecule has 2 rings (SSSR count). The van der Waals surface area contributed by atoms with Gasteiger partial charge < -0.3 is 5.11 Å². The Bertz CT molecular complexity index is 695. The second kappa shape index (κ2) is 6.61. The van der Waals surface area contributed by atoms with Crippen molar-refractivity contribution in [3.8, 4) is 0 Å². The molecule has 1 N–H and O–H groups in total. The van der Waals surface area contributed by atoms with Gasteiger partial charge in [0, 0.05) is 12.1 Å². The summed E-state index contributed by atoms with van der Waals surface area (Å²) >= 11 is 0. The Hall–Kier alpha value is -1.40. The van der Waals surface area contributed by atoms with Crippen molar-refractivity contribution < 1.29 is 18.3 Å². The molecular formula is C17H25NO4S. The Morgan fingerprint density at radius 1 is 1.35 bits per heavy atom. The van der Waals surface area contributed by atoms with Crippen LogP contribution < -0.4 is 0 Å². The van der Waals surface area contributed by atoms with E-state index in [9.17, 15) is 13.2 Å². The van der Waals surface area contributed by atoms with Crippen LogP contribution in [-0.2, 0) is 10.0 Å². The van der Waals surface area contributed by atoms with Crippen LogP contribution in [0.15, 0.2) is 23.1 Å². The molecule has 0 aromatic heterocycles. The zero-order valence-electron chi connectivity index (χ0n) is 14.1. The number of aromatic carboxylic acids is 1. The molecule has 5 nitrogen and oxygen atoms in total. The van der Waals surface area contributed by atoms with E-state index in [0.29, 0.717) is 5.56 Å². The third kappa shape index (κ3) is 3.58. The summed E-state index contributed by atoms with van der Waals surface area (Å²) in [4.78, 5) is 11.3. The predicted octanol–water partition coefficient (Wildman–Crippen LogP) is 3.28. The van der Waals surface area contributed by atoms with Crippen LogP contribution >= 0.6 is 0 Å². The first-order valence-corrected chi connectivity index (χ1v) is 9.51. The maximum absolute atomic E-state index is 13.2. The highest BCUT2D eigenvalue weighted by Crippen LogP contribution is 2.37. The molecule has 1 saturated carbocycles. The van der Waals surface area contributed by atoms with Gasteiger partial charge in [0.1, 0.15) is 0 Å². The standard InChI is InChI=1S/C17H25NO4S/c1-5-11(2)13(4)18(15-7-8-15)23(21,22)16-9-6-14(17(19)20)10-12(16)3/h6,9-11,13,15H,5,7-8H2,1-4H3,(H,19,20). The average Bonchev–Trinajstić information content (AvgIpc) is 3.30. The van der Waals surface area contributed by atoms with E-state index < -0.39 is 16.0 Å². The molecule has 0 heterocycles. The second-order valence-corrected chi connectivity index (χ2v) is 8.29. The van der Waals surface area contributed by atoms with Crippen molar-refractivity contribution in [3.05, 3.63) is 29.3 Å². The van der Waals surface area contributed by atoms with E-state index in [1.165, 1.54) is 18.2 Å². The first-order valence-electron chi connectivity index (χ1n) is 8.07. The largest absolute Gasteiger partial charge is 0.478 e. The maximum Gasteiger partial charge on any atom is 0.335 e. The van der Waals surface area contributed by atoms with Crippen LogP contribution in [0.25, 0.3) is 0 Å². The Labute approximate surface area is 138 Å². The van der Waals surface area contributed by atoms with E-state index in [2.05, 4.69) is 13.8 Å². The van der Waals surface area contributed by atoms with E-state index in [-0.39, 0.29) is 28.5 Å². The molecule has 1 aliphatic carbocycles. The zero-order chi connectivity index (χ0) is 17.4. The molecule has 2 unspecified atom stereocenters. The molecule has 128 valence electrons. The average molecular weight is 339 g/mol. The SMILES string of the molecule is CCC(C)C(C)N(C1CC1)S(=O)(=O)c1ccc(C(=O)O)cc1C. The molecule has 0 spiro atoms. The van der Waals surface area contributed by atoms with Gasteiger partial charge in [-0.2, -0.15) is 4.31 Å². The van der Waals surface area contributed by atoms with Crippen LogP contribution in [0.1, 0.15) is 56.0 Å². The number of sulfonamides is 1. The quantitative estimate of drug-likeness (QED) is 0.827. The highest BCUT2D eigenvalue weighted by molar-refractivity contribution is 7.89. The summed E-state index contributed by atoms with van der Waals surface area (Å²) in [6.07, 6.45) is 2.70. The lowest BCUT2D eigenvalue weighted by molar-refractivity contribution is 0.0696. The molecule has 0 amide bonds. The van der Waals surface area contributed by atoms with E-state index >= 15 is 0 Å². The molecule has 1 fully saturated rings. The maximum atomic E-state index is 13.2. The lowest BCUT2D eigenvalue weighted by atomic mass is 10.0. The number of carboxylic acids is 1. The summed E-state index contributed by atoms with van der Waals surface area (Å²) < 4.78 is 28.0. The summed E-state index contributed by atoms with van der Waals surface area (Å²) in [6.45, 7) is 7.74. The Balaban J connectivity index is 2.44. The van der Waals surface area contributed by atoms with Gasteiger partial charge in [-0.1, -0.05) is 20.3 Å². The number of hydrogen-bond donors (Lipinski definition) is 1. The fourth-order valence-corrected chi connectivity index (χ4v) is 5.04. The van der Waals surface area contributed by atoms with Gasteiger partial charge in [-0.05, 0) is 56.4 Å². The number of benzene rings is 1. The molecule has 6 heteroatoms. The number of aryl methyl sites for hydroxylation is 1. The van der Waals surface area contributed by atoms with Gasteiger partial charge in [0.05, 0.1) is 10.5 Å². The minimum absolute atomic E-state index is 0.0718. The summed E-state index contributed by atoms with van der Waals surface area (Å²) in [6, 6.07) is 4.21. The number of rotatable bonds is 7. The van der Waals surface area contributed by atoms with Crippen molar-refractivity contribution in [3.63, 3.8) is 0 Å². The van der Waals surface area contributed by atoms with Gasteiger partial charge in [-0.25, -0.2) is 13.2 Å². The summed E-state index contributed by atoms with van der Waals surface area (Å²) in [5, 5.41) is 9.04. The van der Waals surface area contributed by atoms with Crippen molar-refractivity contribution in [2.45, 2.75) is 63.9 Å². The Kier molecular flexibility index (Phi) is 5.16. The van der Waals surface area contributed by atoms with Crippen molar-refractivity contribution in [2.75, 3.05) is 0 Å². The lowest BCUT2D eigenvalue weighted by Crippen LogP contribution is -2.43.